The van der Waals surface area contributed by atoms with Gasteiger partial charge in [-0.3, -0.25) is 9.59 Å². The molecule has 3 aliphatic carbocycles. The molecule has 2 N–H and O–H groups in total. The van der Waals surface area contributed by atoms with Gasteiger partial charge in [-0.25, -0.2) is 0 Å². The Bertz CT molecular complexity index is 3300. The molecule has 6 nitrogen and oxygen atoms in total. The van der Waals surface area contributed by atoms with Gasteiger partial charge < -0.3 is 10.6 Å². The van der Waals surface area contributed by atoms with Crippen molar-refractivity contribution in [3.63, 3.8) is 0 Å². The Morgan fingerprint density at radius 2 is 0.824 bits per heavy atom. The van der Waals surface area contributed by atoms with E-state index in [0.29, 0.717) is 22.3 Å². The van der Waals surface area contributed by atoms with Crippen LogP contribution in [0.1, 0.15) is 36.8 Å². The van der Waals surface area contributed by atoms with Crippen molar-refractivity contribution in [3.8, 4) is 22.3 Å². The minimum Gasteiger partial charge on any atom is -0.120 e. The first-order chi connectivity index (χ1) is 33.6. The molecule has 1 radical (unpaired) electrons. The molecule has 11 rings (SSSR count). The average molecular weight is 994 g/mol. The van der Waals surface area contributed by atoms with E-state index in [2.05, 4.69) is 130 Å². The molecule has 8 aromatic carbocycles. The summed E-state index contributed by atoms with van der Waals surface area (Å²) >= 11 is 1.82. The second-order valence-corrected chi connectivity index (χ2v) is 17.1. The van der Waals surface area contributed by atoms with Crippen molar-refractivity contribution in [1.29, 1.82) is 0 Å². The van der Waals surface area contributed by atoms with Gasteiger partial charge in [0, 0.05) is 57.9 Å². The van der Waals surface area contributed by atoms with Crippen LogP contribution in [0.2, 0.25) is 0 Å². The van der Waals surface area contributed by atoms with E-state index in [1.165, 1.54) is 0 Å². The van der Waals surface area contributed by atoms with E-state index in [4.69, 9.17) is 10.5 Å². The van der Waals surface area contributed by atoms with E-state index < -0.39 is 0 Å². The summed E-state index contributed by atoms with van der Waals surface area (Å²) in [5.74, 6) is -0.00998. The second-order valence-electron chi connectivity index (χ2n) is 17.1. The number of hydrogen-bond acceptors (Lipinski definition) is 5. The van der Waals surface area contributed by atoms with Gasteiger partial charge in [0.25, 0.3) is 0 Å². The van der Waals surface area contributed by atoms with Crippen LogP contribution in [0, 0.1) is 4.91 Å². The fourth-order valence-corrected chi connectivity index (χ4v) is 10.1. The van der Waals surface area contributed by atoms with Gasteiger partial charge in [-0.1, -0.05) is 195 Å². The smallest absolute Gasteiger partial charge is 0.120 e. The molecule has 2 atom stereocenters. The number of carbonyl (C=O) groups excluding carboxylic acids is 2. The van der Waals surface area contributed by atoms with E-state index in [0.717, 1.165) is 101 Å². The SMILES string of the molecule is O=C1C(c2c(-c3ccccc3)ccc3ccccc23)=c2ccccc2=C/C1=C/N[C@@H]1CCCC[C@H]1N/C=C1/C=c2ccccc2=C(c2c(-c3ccccc3)ccc3ccccc23)C1=O.[Cl][Ru].[N]=O. The number of Topliss-reactive ketones (excluding diaryl/α,β-unsaturated/α-hetero) is 2. The molecule has 8 aromatic rings. The molecule has 3 aliphatic rings. The van der Waals surface area contributed by atoms with Crippen molar-refractivity contribution in [1.82, 2.24) is 16.2 Å². The number of nitroso groups, excluding NO2 is 1. The molecule has 0 spiro atoms. The molecule has 1 fully saturated rings. The van der Waals surface area contributed by atoms with Crippen LogP contribution in [0.15, 0.2) is 206 Å². The normalized spacial score (nSPS) is 17.4. The molecule has 0 heterocycles. The quantitative estimate of drug-likeness (QED) is 0.117. The number of halogens is 1. The van der Waals surface area contributed by atoms with Crippen LogP contribution in [-0.2, 0) is 26.9 Å². The zero-order valence-corrected chi connectivity index (χ0v) is 39.5. The van der Waals surface area contributed by atoms with Crippen LogP contribution in [0.5, 0.6) is 0 Å². The fraction of sp³-hybridized carbons (Fsp3) is 0.100. The predicted molar refractivity (Wildman–Crippen MR) is 274 cm³/mol. The summed E-state index contributed by atoms with van der Waals surface area (Å²) in [6.07, 6.45) is 11.9. The summed E-state index contributed by atoms with van der Waals surface area (Å²) in [6, 6.07) is 62.6. The van der Waals surface area contributed by atoms with Crippen LogP contribution in [0.3, 0.4) is 0 Å². The minimum absolute atomic E-state index is 0.00499. The maximum atomic E-state index is 15.0. The first-order valence-electron chi connectivity index (χ1n) is 22.7. The molecule has 0 amide bonds. The molecule has 1 saturated carbocycles. The van der Waals surface area contributed by atoms with E-state index >= 15 is 9.59 Å². The third-order valence-corrected chi connectivity index (χ3v) is 13.3. The summed E-state index contributed by atoms with van der Waals surface area (Å²) in [7, 11) is 4.57. The van der Waals surface area contributed by atoms with E-state index in [1.54, 1.807) is 0 Å². The van der Waals surface area contributed by atoms with Crippen molar-refractivity contribution >= 4 is 66.1 Å². The van der Waals surface area contributed by atoms with Crippen LogP contribution in [0.25, 0.3) is 67.1 Å². The van der Waals surface area contributed by atoms with Crippen LogP contribution < -0.4 is 37.1 Å². The zero-order valence-electron chi connectivity index (χ0n) is 37.0. The van der Waals surface area contributed by atoms with Crippen molar-refractivity contribution in [3.05, 3.63) is 242 Å². The van der Waals surface area contributed by atoms with Crippen LogP contribution in [0.4, 0.5) is 0 Å². The van der Waals surface area contributed by atoms with E-state index in [9.17, 15) is 0 Å². The largest absolute Gasteiger partial charge is 0.120 e. The average Bonchev–Trinajstić information content (AvgIpc) is 3.41. The number of nitrogens with zero attached hydrogens (tertiary/aromatic N) is 1. The maximum absolute atomic E-state index is 15.0. The summed E-state index contributed by atoms with van der Waals surface area (Å²) in [5, 5.41) is 15.7. The molecule has 0 aromatic heterocycles. The van der Waals surface area contributed by atoms with Gasteiger partial charge in [-0.05, 0) is 89.7 Å². The summed E-state index contributed by atoms with van der Waals surface area (Å²) < 4.78 is 0. The summed E-state index contributed by atoms with van der Waals surface area (Å²) in [6.45, 7) is 0. The number of fused-ring (bicyclic) bond motifs is 4. The Balaban J connectivity index is 0.00000141. The van der Waals surface area contributed by atoms with Crippen LogP contribution in [-0.4, -0.2) is 23.7 Å². The topological polar surface area (TPSA) is 97.6 Å². The standard InChI is InChI=1S/C60H46N2O2.ClH.NO.Ru/c63-59-45(35-43-23-9-13-27-49(43)57(59)55-47-25-11-7-21-41(47)31-33-51(55)39-17-3-1-4-18-39)37-61-53-29-15-16-30-54(53)62-38-46-36-44-24-10-14-28-50(44)58(60(46)64)56-48-26-12-8-22-42(48)32-34-52(56)40-19-5-2-6-20-40;;1-2;/h1-14,17-28,31-38,53-54,61-62H,15-16,29-30H2;1H;;/q;;;+1/p-1/b45-37-,46-38-;;;/t53-,54-;;;/m1.../s1. The first-order valence-corrected chi connectivity index (χ1v) is 25.0. The number of rotatable bonds is 8. The minimum atomic E-state index is -0.00499. The molecular formula is C60H46ClN3O3Ru. The number of benzene rings is 8. The second kappa shape index (κ2) is 21.1. The van der Waals surface area contributed by atoms with Gasteiger partial charge in [-0.2, -0.15) is 0 Å². The Hall–Kier alpha value is -7.31. The van der Waals surface area contributed by atoms with Gasteiger partial charge in [0.2, 0.25) is 0 Å². The third kappa shape index (κ3) is 8.96. The van der Waals surface area contributed by atoms with Gasteiger partial charge in [-0.15, -0.1) is 4.91 Å². The van der Waals surface area contributed by atoms with E-state index in [1.807, 2.05) is 115 Å². The van der Waals surface area contributed by atoms with Crippen molar-refractivity contribution < 1.29 is 26.9 Å². The number of nitrogens with one attached hydrogen (secondary N) is 2. The van der Waals surface area contributed by atoms with E-state index in [-0.39, 0.29) is 23.7 Å². The molecule has 0 bridgehead atoms. The van der Waals surface area contributed by atoms with Gasteiger partial charge in [0.15, 0.2) is 11.6 Å². The Morgan fingerprint density at radius 1 is 0.456 bits per heavy atom. The van der Waals surface area contributed by atoms with Gasteiger partial charge in [0.05, 0.1) is 0 Å². The van der Waals surface area contributed by atoms with Gasteiger partial charge in [0.1, 0.15) is 5.59 Å². The Labute approximate surface area is 409 Å². The molecule has 68 heavy (non-hydrogen) atoms. The third-order valence-electron chi connectivity index (χ3n) is 13.3. The maximum Gasteiger partial charge on any atom is 0.120 e. The summed E-state index contributed by atoms with van der Waals surface area (Å²) in [4.78, 5) is 37.3. The molecule has 0 saturated heterocycles. The zero-order chi connectivity index (χ0) is 47.0. The van der Waals surface area contributed by atoms with Crippen molar-refractivity contribution in [2.24, 2.45) is 0 Å². The van der Waals surface area contributed by atoms with Crippen LogP contribution >= 0.6 is 9.69 Å². The molecule has 8 heteroatoms. The number of carbonyl (C=O) groups is 2. The number of ketones is 2. The number of hydrogen-bond donors (Lipinski definition) is 2. The Kier molecular flexibility index (Phi) is 14.2. The van der Waals surface area contributed by atoms with Crippen molar-refractivity contribution in [2.75, 3.05) is 0 Å². The predicted octanol–water partition coefficient (Wildman–Crippen LogP) is 9.65. The molecule has 0 unspecified atom stereocenters. The fourth-order valence-electron chi connectivity index (χ4n) is 10.1. The van der Waals surface area contributed by atoms with Crippen molar-refractivity contribution in [2.45, 2.75) is 37.8 Å². The molecule has 0 aliphatic heterocycles. The summed E-state index contributed by atoms with van der Waals surface area (Å²) in [5.41, 5.74) is 14.5. The Morgan fingerprint density at radius 3 is 1.25 bits per heavy atom. The molecule has 334 valence electrons. The number of allylic oxidation sites excluding steroid dienone is 2. The van der Waals surface area contributed by atoms with Gasteiger partial charge >= 0.3 is 27.0 Å². The monoisotopic (exact) mass is 993 g/mol. The first kappa shape index (κ1) is 45.8. The molecular weight excluding hydrogens is 947 g/mol.